The lowest BCUT2D eigenvalue weighted by Gasteiger charge is -2.30. The number of amides is 2. The molecule has 18 heavy (non-hydrogen) atoms. The van der Waals surface area contributed by atoms with Gasteiger partial charge in [-0.15, -0.1) is 0 Å². The van der Waals surface area contributed by atoms with Crippen molar-refractivity contribution in [3.8, 4) is 0 Å². The van der Waals surface area contributed by atoms with Crippen molar-refractivity contribution in [1.82, 2.24) is 9.80 Å². The van der Waals surface area contributed by atoms with Crippen LogP contribution in [0.1, 0.15) is 39.5 Å². The number of urea groups is 1. The van der Waals surface area contributed by atoms with Crippen LogP contribution in [0.4, 0.5) is 4.79 Å². The van der Waals surface area contributed by atoms with Crippen LogP contribution in [0, 0.1) is 5.92 Å². The number of carbonyl (C=O) groups excluding carboxylic acids is 1. The fraction of sp³-hybridized carbons (Fsp3) is 0.846. The number of hydrogen-bond donors (Lipinski definition) is 1. The molecule has 1 saturated heterocycles. The lowest BCUT2D eigenvalue weighted by atomic mass is 9.96. The Labute approximate surface area is 108 Å². The zero-order valence-corrected chi connectivity index (χ0v) is 11.3. The molecule has 2 aliphatic rings. The molecule has 0 spiro atoms. The van der Waals surface area contributed by atoms with E-state index in [4.69, 9.17) is 0 Å². The SMILES string of the molecule is CN1C(=O)N(C(C)(C)C(=O)O)CC1C1CCCC1. The van der Waals surface area contributed by atoms with Crippen LogP contribution in [-0.2, 0) is 4.79 Å². The highest BCUT2D eigenvalue weighted by Crippen LogP contribution is 2.35. The molecule has 1 aliphatic heterocycles. The van der Waals surface area contributed by atoms with Crippen LogP contribution in [0.2, 0.25) is 0 Å². The molecule has 2 amide bonds. The Balaban J connectivity index is 2.16. The van der Waals surface area contributed by atoms with Crippen LogP contribution in [-0.4, -0.2) is 52.1 Å². The molecule has 1 aliphatic carbocycles. The molecule has 2 rings (SSSR count). The summed E-state index contributed by atoms with van der Waals surface area (Å²) in [6, 6.07) is 0.0259. The summed E-state index contributed by atoms with van der Waals surface area (Å²) >= 11 is 0. The highest BCUT2D eigenvalue weighted by atomic mass is 16.4. The van der Waals surface area contributed by atoms with Gasteiger partial charge in [0.1, 0.15) is 5.54 Å². The van der Waals surface area contributed by atoms with Gasteiger partial charge in [-0.2, -0.15) is 0 Å². The summed E-state index contributed by atoms with van der Waals surface area (Å²) in [5, 5.41) is 9.24. The van der Waals surface area contributed by atoms with Gasteiger partial charge in [0.05, 0.1) is 6.04 Å². The third-order valence-corrected chi connectivity index (χ3v) is 4.54. The van der Waals surface area contributed by atoms with Crippen molar-refractivity contribution >= 4 is 12.0 Å². The van der Waals surface area contributed by atoms with E-state index < -0.39 is 11.5 Å². The fourth-order valence-corrected chi connectivity index (χ4v) is 3.11. The first-order chi connectivity index (χ1) is 8.35. The summed E-state index contributed by atoms with van der Waals surface area (Å²) in [5.41, 5.74) is -1.13. The Bertz CT molecular complexity index is 361. The molecule has 102 valence electrons. The Kier molecular flexibility index (Phi) is 3.25. The molecule has 0 radical (unpaired) electrons. The minimum atomic E-state index is -1.13. The van der Waals surface area contributed by atoms with Gasteiger partial charge in [-0.1, -0.05) is 12.8 Å². The number of nitrogens with zero attached hydrogens (tertiary/aromatic N) is 2. The first-order valence-electron chi connectivity index (χ1n) is 6.63. The van der Waals surface area contributed by atoms with E-state index in [1.165, 1.54) is 17.7 Å². The summed E-state index contributed by atoms with van der Waals surface area (Å²) in [4.78, 5) is 26.7. The van der Waals surface area contributed by atoms with E-state index in [1.807, 2.05) is 0 Å². The second-order valence-electron chi connectivity index (χ2n) is 5.98. The Hall–Kier alpha value is -1.26. The molecule has 5 heteroatoms. The number of hydrogen-bond acceptors (Lipinski definition) is 2. The minimum absolute atomic E-state index is 0.153. The standard InChI is InChI=1S/C13H22N2O3/c1-13(2,11(16)17)15-8-10(14(3)12(15)18)9-6-4-5-7-9/h9-10H,4-8H2,1-3H3,(H,16,17). The Morgan fingerprint density at radius 1 is 1.33 bits per heavy atom. The quantitative estimate of drug-likeness (QED) is 0.835. The largest absolute Gasteiger partial charge is 0.480 e. The van der Waals surface area contributed by atoms with E-state index >= 15 is 0 Å². The second-order valence-corrected chi connectivity index (χ2v) is 5.98. The van der Waals surface area contributed by atoms with Gasteiger partial charge in [-0.05, 0) is 32.6 Å². The maximum atomic E-state index is 12.2. The summed E-state index contributed by atoms with van der Waals surface area (Å²) in [6.45, 7) is 3.73. The minimum Gasteiger partial charge on any atom is -0.480 e. The normalized spacial score (nSPS) is 26.2. The number of carboxylic acid groups (broad SMARTS) is 1. The molecule has 1 atom stereocenters. The molecule has 0 aromatic rings. The van der Waals surface area contributed by atoms with Gasteiger partial charge in [0.15, 0.2) is 0 Å². The fourth-order valence-electron chi connectivity index (χ4n) is 3.11. The predicted molar refractivity (Wildman–Crippen MR) is 67.3 cm³/mol. The Morgan fingerprint density at radius 3 is 2.39 bits per heavy atom. The maximum absolute atomic E-state index is 12.2. The highest BCUT2D eigenvalue weighted by molar-refractivity contribution is 5.87. The van der Waals surface area contributed by atoms with Crippen molar-refractivity contribution in [3.63, 3.8) is 0 Å². The van der Waals surface area contributed by atoms with Crippen molar-refractivity contribution in [2.45, 2.75) is 51.1 Å². The summed E-state index contributed by atoms with van der Waals surface area (Å²) in [7, 11) is 1.79. The van der Waals surface area contributed by atoms with Crippen molar-refractivity contribution in [2.24, 2.45) is 5.92 Å². The third-order valence-electron chi connectivity index (χ3n) is 4.54. The molecule has 1 N–H and O–H groups in total. The van der Waals surface area contributed by atoms with Crippen molar-refractivity contribution in [3.05, 3.63) is 0 Å². The second kappa shape index (κ2) is 4.44. The van der Waals surface area contributed by atoms with Gasteiger partial charge in [-0.3, -0.25) is 0 Å². The molecule has 0 aromatic heterocycles. The molecule has 2 fully saturated rings. The highest BCUT2D eigenvalue weighted by Gasteiger charge is 2.48. The number of carboxylic acids is 1. The van der Waals surface area contributed by atoms with Crippen LogP contribution >= 0.6 is 0 Å². The molecule has 0 bridgehead atoms. The lowest BCUT2D eigenvalue weighted by Crippen LogP contribution is -2.51. The van der Waals surface area contributed by atoms with E-state index in [0.717, 1.165) is 12.8 Å². The summed E-state index contributed by atoms with van der Waals surface area (Å²) in [5.74, 6) is -0.412. The van der Waals surface area contributed by atoms with E-state index in [9.17, 15) is 14.7 Å². The topological polar surface area (TPSA) is 60.9 Å². The molecule has 1 heterocycles. The van der Waals surface area contributed by atoms with E-state index in [2.05, 4.69) is 0 Å². The smallest absolute Gasteiger partial charge is 0.329 e. The maximum Gasteiger partial charge on any atom is 0.329 e. The Morgan fingerprint density at radius 2 is 1.89 bits per heavy atom. The average molecular weight is 254 g/mol. The zero-order chi connectivity index (χ0) is 13.5. The zero-order valence-electron chi connectivity index (χ0n) is 11.3. The van der Waals surface area contributed by atoms with E-state index in [0.29, 0.717) is 12.5 Å². The summed E-state index contributed by atoms with van der Waals surface area (Å²) in [6.07, 6.45) is 4.77. The number of carbonyl (C=O) groups is 2. The third kappa shape index (κ3) is 1.95. The first kappa shape index (κ1) is 13.2. The molecule has 5 nitrogen and oxygen atoms in total. The van der Waals surface area contributed by atoms with Gasteiger partial charge in [0.25, 0.3) is 0 Å². The molecule has 0 aromatic carbocycles. The number of likely N-dealkylation sites (N-methyl/N-ethyl adjacent to an activating group) is 1. The molecule has 1 saturated carbocycles. The molecule has 1 unspecified atom stereocenters. The van der Waals surface area contributed by atoms with Gasteiger partial charge >= 0.3 is 12.0 Å². The van der Waals surface area contributed by atoms with E-state index in [1.54, 1.807) is 25.8 Å². The van der Waals surface area contributed by atoms with Crippen LogP contribution < -0.4 is 0 Å². The van der Waals surface area contributed by atoms with Crippen LogP contribution in [0.15, 0.2) is 0 Å². The van der Waals surface area contributed by atoms with Gasteiger partial charge in [0.2, 0.25) is 0 Å². The van der Waals surface area contributed by atoms with Crippen LogP contribution in [0.3, 0.4) is 0 Å². The first-order valence-corrected chi connectivity index (χ1v) is 6.63. The van der Waals surface area contributed by atoms with Gasteiger partial charge in [0, 0.05) is 13.6 Å². The van der Waals surface area contributed by atoms with Crippen molar-refractivity contribution in [1.29, 1.82) is 0 Å². The monoisotopic (exact) mass is 254 g/mol. The van der Waals surface area contributed by atoms with Crippen LogP contribution in [0.5, 0.6) is 0 Å². The predicted octanol–water partition coefficient (Wildman–Crippen LogP) is 1.78. The number of rotatable bonds is 3. The average Bonchev–Trinajstić information content (AvgIpc) is 2.89. The summed E-state index contributed by atoms with van der Waals surface area (Å²) < 4.78 is 0. The van der Waals surface area contributed by atoms with Crippen molar-refractivity contribution in [2.75, 3.05) is 13.6 Å². The molecular weight excluding hydrogens is 232 g/mol. The van der Waals surface area contributed by atoms with E-state index in [-0.39, 0.29) is 12.1 Å². The van der Waals surface area contributed by atoms with Gasteiger partial charge < -0.3 is 14.9 Å². The van der Waals surface area contributed by atoms with Crippen molar-refractivity contribution < 1.29 is 14.7 Å². The van der Waals surface area contributed by atoms with Crippen LogP contribution in [0.25, 0.3) is 0 Å². The van der Waals surface area contributed by atoms with Gasteiger partial charge in [-0.25, -0.2) is 9.59 Å². The lowest BCUT2D eigenvalue weighted by molar-refractivity contribution is -0.147. The number of aliphatic carboxylic acids is 1. The molecular formula is C13H22N2O3.